The molecule has 1 heterocycles. The van der Waals surface area contributed by atoms with E-state index in [1.807, 2.05) is 32.9 Å². The molecule has 0 saturated carbocycles. The Morgan fingerprint density at radius 1 is 1.18 bits per heavy atom. The number of hydrogen-bond acceptors (Lipinski definition) is 7. The van der Waals surface area contributed by atoms with Gasteiger partial charge < -0.3 is 31.2 Å². The van der Waals surface area contributed by atoms with Gasteiger partial charge in [0.25, 0.3) is 0 Å². The fourth-order valence-corrected chi connectivity index (χ4v) is 5.02. The molecule has 50 heavy (non-hydrogen) atoms. The van der Waals surface area contributed by atoms with Gasteiger partial charge in [-0.2, -0.15) is 0 Å². The number of hydrogen-bond donors (Lipinski definition) is 4. The number of carbonyl (C=O) groups is 3. The molecule has 1 fully saturated rings. The Morgan fingerprint density at radius 3 is 2.46 bits per heavy atom. The first-order valence-corrected chi connectivity index (χ1v) is 17.2. The molecular weight excluding hydrogens is 630 g/mol. The molecule has 0 aromatic heterocycles. The summed E-state index contributed by atoms with van der Waals surface area (Å²) >= 11 is 0. The number of rotatable bonds is 18. The lowest BCUT2D eigenvalue weighted by Crippen LogP contribution is -2.34. The highest BCUT2D eigenvalue weighted by atomic mass is 16.5. The SMILES string of the molecule is C=CC/C(C(N)=O)=C(\NC(=NC1CCOCC1)C(=C)CC)Nc1cc(CCNC(=O)[C@H](C)/C(=C\C)C(=O)C#CCC(C)C(=C)C)cc(OC)c1. The van der Waals surface area contributed by atoms with Crippen molar-refractivity contribution in [2.75, 3.05) is 32.2 Å². The van der Waals surface area contributed by atoms with Gasteiger partial charge in [0.15, 0.2) is 0 Å². The maximum absolute atomic E-state index is 13.1. The van der Waals surface area contributed by atoms with E-state index in [0.29, 0.717) is 73.3 Å². The van der Waals surface area contributed by atoms with Gasteiger partial charge in [-0.25, -0.2) is 0 Å². The van der Waals surface area contributed by atoms with Crippen LogP contribution in [0.2, 0.25) is 0 Å². The lowest BCUT2D eigenvalue weighted by molar-refractivity contribution is -0.124. The predicted molar refractivity (Wildman–Crippen MR) is 203 cm³/mol. The molecule has 1 aliphatic rings. The molecule has 2 rings (SSSR count). The number of ketones is 1. The summed E-state index contributed by atoms with van der Waals surface area (Å²) in [6, 6.07) is 5.62. The number of amides is 2. The lowest BCUT2D eigenvalue weighted by Gasteiger charge is -2.23. The Morgan fingerprint density at radius 2 is 1.88 bits per heavy atom. The van der Waals surface area contributed by atoms with E-state index in [4.69, 9.17) is 20.2 Å². The summed E-state index contributed by atoms with van der Waals surface area (Å²) in [6.07, 6.45) is 6.68. The number of nitrogens with zero attached hydrogens (tertiary/aromatic N) is 1. The fraction of sp³-hybridized carbons (Fsp3) is 0.450. The first-order valence-electron chi connectivity index (χ1n) is 17.2. The highest BCUT2D eigenvalue weighted by molar-refractivity contribution is 6.11. The minimum Gasteiger partial charge on any atom is -0.497 e. The first kappa shape index (κ1) is 41.3. The van der Waals surface area contributed by atoms with Gasteiger partial charge in [-0.3, -0.25) is 19.4 Å². The van der Waals surface area contributed by atoms with Crippen molar-refractivity contribution in [1.29, 1.82) is 0 Å². The summed E-state index contributed by atoms with van der Waals surface area (Å²) in [5, 5.41) is 9.60. The number of primary amides is 1. The van der Waals surface area contributed by atoms with Crippen LogP contribution in [0, 0.1) is 23.7 Å². The van der Waals surface area contributed by atoms with Crippen LogP contribution >= 0.6 is 0 Å². The topological polar surface area (TPSA) is 144 Å². The van der Waals surface area contributed by atoms with Crippen molar-refractivity contribution < 1.29 is 23.9 Å². The average Bonchev–Trinajstić information content (AvgIpc) is 3.09. The number of aliphatic imine (C=N–C) groups is 1. The van der Waals surface area contributed by atoms with Crippen LogP contribution in [0.4, 0.5) is 5.69 Å². The Bertz CT molecular complexity index is 1570. The van der Waals surface area contributed by atoms with Gasteiger partial charge >= 0.3 is 0 Å². The molecule has 10 heteroatoms. The minimum absolute atomic E-state index is 0.0546. The van der Waals surface area contributed by atoms with Gasteiger partial charge in [-0.05, 0) is 88.0 Å². The van der Waals surface area contributed by atoms with Gasteiger partial charge in [0, 0.05) is 43.5 Å². The maximum Gasteiger partial charge on any atom is 0.248 e. The number of benzene rings is 1. The van der Waals surface area contributed by atoms with Crippen LogP contribution in [-0.4, -0.2) is 56.3 Å². The third-order valence-electron chi connectivity index (χ3n) is 8.52. The van der Waals surface area contributed by atoms with Crippen molar-refractivity contribution in [3.05, 3.63) is 83.8 Å². The molecule has 1 aromatic carbocycles. The largest absolute Gasteiger partial charge is 0.497 e. The van der Waals surface area contributed by atoms with Crippen molar-refractivity contribution in [3.8, 4) is 17.6 Å². The smallest absolute Gasteiger partial charge is 0.248 e. The van der Waals surface area contributed by atoms with Crippen LogP contribution in [0.3, 0.4) is 0 Å². The second-order valence-corrected chi connectivity index (χ2v) is 12.4. The monoisotopic (exact) mass is 685 g/mol. The molecule has 0 spiro atoms. The van der Waals surface area contributed by atoms with E-state index in [-0.39, 0.29) is 30.1 Å². The van der Waals surface area contributed by atoms with Crippen LogP contribution in [0.25, 0.3) is 0 Å². The van der Waals surface area contributed by atoms with E-state index in [9.17, 15) is 14.4 Å². The van der Waals surface area contributed by atoms with Crippen LogP contribution in [0.5, 0.6) is 5.75 Å². The molecular formula is C40H55N5O5. The van der Waals surface area contributed by atoms with E-state index in [1.54, 1.807) is 39.2 Å². The van der Waals surface area contributed by atoms with Crippen molar-refractivity contribution in [2.45, 2.75) is 79.2 Å². The number of anilines is 1. The minimum atomic E-state index is -0.673. The molecule has 2 amide bonds. The summed E-state index contributed by atoms with van der Waals surface area (Å²) in [6.45, 7) is 22.9. The Labute approximate surface area is 298 Å². The standard InChI is InChI=1S/C40H55N5O5/c1-10-14-35(37(41)47)39(45-38(27(6)11-2)43-31-18-21-50-22-19-31)44-32-23-30(24-33(25-32)49-9)17-20-42-40(48)29(8)34(12-3)36(46)16-13-15-28(7)26(4)5/h10,12,23-25,28-29,31,44H,1,4,6,11,14-15,17-22H2,2-3,5,7-9H3,(H2,41,47)(H,42,48)(H,43,45)/b34-12+,39-35+/t28?,29-/m1/s1. The Hall–Kier alpha value is -4.88. The zero-order chi connectivity index (χ0) is 37.2. The van der Waals surface area contributed by atoms with E-state index in [1.165, 1.54) is 0 Å². The summed E-state index contributed by atoms with van der Waals surface area (Å²) in [4.78, 5) is 43.5. The molecule has 0 radical (unpaired) electrons. The number of nitrogens with one attached hydrogen (secondary N) is 3. The third-order valence-corrected chi connectivity index (χ3v) is 8.52. The second kappa shape index (κ2) is 21.3. The van der Waals surface area contributed by atoms with Crippen molar-refractivity contribution in [3.63, 3.8) is 0 Å². The van der Waals surface area contributed by atoms with Crippen molar-refractivity contribution in [1.82, 2.24) is 10.6 Å². The summed E-state index contributed by atoms with van der Waals surface area (Å²) in [7, 11) is 1.57. The molecule has 1 aliphatic heterocycles. The molecule has 5 N–H and O–H groups in total. The molecule has 1 unspecified atom stereocenters. The molecule has 270 valence electrons. The van der Waals surface area contributed by atoms with E-state index in [0.717, 1.165) is 29.6 Å². The average molecular weight is 686 g/mol. The molecule has 1 saturated heterocycles. The number of nitrogens with two attached hydrogens (primary N) is 1. The Balaban J connectivity index is 2.28. The third kappa shape index (κ3) is 13.2. The van der Waals surface area contributed by atoms with Gasteiger partial charge in [-0.1, -0.05) is 50.7 Å². The quantitative estimate of drug-likeness (QED) is 0.0375. The van der Waals surface area contributed by atoms with Crippen molar-refractivity contribution >= 4 is 29.1 Å². The highest BCUT2D eigenvalue weighted by Gasteiger charge is 2.22. The van der Waals surface area contributed by atoms with Crippen LogP contribution in [0.15, 0.2) is 83.2 Å². The van der Waals surface area contributed by atoms with E-state index in [2.05, 4.69) is 47.5 Å². The Kier molecular flexibility index (Phi) is 17.6. The number of ether oxygens (including phenoxy) is 2. The first-order chi connectivity index (χ1) is 23.8. The molecule has 2 atom stereocenters. The second-order valence-electron chi connectivity index (χ2n) is 12.4. The number of amidine groups is 1. The fourth-order valence-electron chi connectivity index (χ4n) is 5.02. The number of Topliss-reactive ketones (excluding diaryl/α,β-unsaturated/α-hetero) is 1. The van der Waals surface area contributed by atoms with Gasteiger partial charge in [0.2, 0.25) is 17.6 Å². The normalized spacial score (nSPS) is 15.3. The van der Waals surface area contributed by atoms with Gasteiger partial charge in [0.1, 0.15) is 17.4 Å². The summed E-state index contributed by atoms with van der Waals surface area (Å²) in [5.41, 5.74) is 9.75. The zero-order valence-corrected chi connectivity index (χ0v) is 30.7. The van der Waals surface area contributed by atoms with E-state index >= 15 is 0 Å². The zero-order valence-electron chi connectivity index (χ0n) is 30.7. The highest BCUT2D eigenvalue weighted by Crippen LogP contribution is 2.24. The van der Waals surface area contributed by atoms with Crippen molar-refractivity contribution in [2.24, 2.45) is 22.6 Å². The van der Waals surface area contributed by atoms with Crippen LogP contribution < -0.4 is 26.4 Å². The van der Waals surface area contributed by atoms with Gasteiger partial charge in [-0.15, -0.1) is 6.58 Å². The van der Waals surface area contributed by atoms with Gasteiger partial charge in [0.05, 0.1) is 24.6 Å². The predicted octanol–water partition coefficient (Wildman–Crippen LogP) is 5.93. The number of methoxy groups -OCH3 is 1. The van der Waals surface area contributed by atoms with Crippen LogP contribution in [-0.2, 0) is 25.5 Å². The molecule has 0 bridgehead atoms. The number of carbonyl (C=O) groups excluding carboxylic acids is 3. The van der Waals surface area contributed by atoms with Crippen LogP contribution in [0.1, 0.15) is 72.3 Å². The maximum atomic E-state index is 13.1. The van der Waals surface area contributed by atoms with E-state index < -0.39 is 11.8 Å². The molecule has 1 aromatic rings. The lowest BCUT2D eigenvalue weighted by atomic mass is 9.95. The molecule has 0 aliphatic carbocycles. The summed E-state index contributed by atoms with van der Waals surface area (Å²) < 4.78 is 11.1. The summed E-state index contributed by atoms with van der Waals surface area (Å²) in [5.74, 6) is 5.36. The number of allylic oxidation sites excluding steroid dienone is 3. The molecule has 10 nitrogen and oxygen atoms in total.